The van der Waals surface area contributed by atoms with Gasteiger partial charge in [0.05, 0.1) is 11.0 Å². The molecular formula is C57H34N4O2. The van der Waals surface area contributed by atoms with Crippen LogP contribution in [0.2, 0.25) is 0 Å². The Balaban J connectivity index is 0.932. The molecule has 13 rings (SSSR count). The van der Waals surface area contributed by atoms with E-state index in [1.54, 1.807) is 0 Å². The first-order valence-corrected chi connectivity index (χ1v) is 21.1. The van der Waals surface area contributed by atoms with E-state index >= 15 is 0 Å². The second-order valence-electron chi connectivity index (χ2n) is 16.0. The fraction of sp³-hybridized carbons (Fsp3) is 0. The predicted octanol–water partition coefficient (Wildman–Crippen LogP) is 15.1. The Bertz CT molecular complexity index is 3850. The first-order valence-electron chi connectivity index (χ1n) is 21.1. The molecule has 0 aliphatic heterocycles. The van der Waals surface area contributed by atoms with Gasteiger partial charge >= 0.3 is 0 Å². The summed E-state index contributed by atoms with van der Waals surface area (Å²) in [5.41, 5.74) is 14.0. The lowest BCUT2D eigenvalue weighted by atomic mass is 9.96. The second kappa shape index (κ2) is 14.0. The van der Waals surface area contributed by atoms with Crippen LogP contribution >= 0.6 is 0 Å². The smallest absolute Gasteiger partial charge is 0.164 e. The van der Waals surface area contributed by atoms with Crippen molar-refractivity contribution in [1.82, 2.24) is 19.5 Å². The molecule has 0 aliphatic rings. The van der Waals surface area contributed by atoms with E-state index in [1.807, 2.05) is 72.8 Å². The van der Waals surface area contributed by atoms with Gasteiger partial charge in [0.25, 0.3) is 0 Å². The highest BCUT2D eigenvalue weighted by molar-refractivity contribution is 6.16. The summed E-state index contributed by atoms with van der Waals surface area (Å²) in [6.45, 7) is 0. The van der Waals surface area contributed by atoms with Crippen molar-refractivity contribution in [3.8, 4) is 62.1 Å². The predicted molar refractivity (Wildman–Crippen MR) is 256 cm³/mol. The molecule has 0 saturated carbocycles. The van der Waals surface area contributed by atoms with Gasteiger partial charge in [-0.3, -0.25) is 0 Å². The molecule has 294 valence electrons. The van der Waals surface area contributed by atoms with E-state index in [1.165, 1.54) is 21.8 Å². The second-order valence-corrected chi connectivity index (χ2v) is 16.0. The van der Waals surface area contributed by atoms with Crippen molar-refractivity contribution in [2.75, 3.05) is 0 Å². The first kappa shape index (κ1) is 35.2. The molecule has 0 amide bonds. The highest BCUT2D eigenvalue weighted by Gasteiger charge is 2.19. The zero-order valence-corrected chi connectivity index (χ0v) is 33.7. The van der Waals surface area contributed by atoms with Crippen LogP contribution in [0.4, 0.5) is 0 Å². The third kappa shape index (κ3) is 5.76. The van der Waals surface area contributed by atoms with Crippen LogP contribution in [0.25, 0.3) is 128 Å². The Morgan fingerprint density at radius 3 is 1.49 bits per heavy atom. The lowest BCUT2D eigenvalue weighted by molar-refractivity contribution is 0.669. The summed E-state index contributed by atoms with van der Waals surface area (Å²) < 4.78 is 15.3. The first-order chi connectivity index (χ1) is 31.2. The van der Waals surface area contributed by atoms with Crippen LogP contribution in [-0.4, -0.2) is 19.5 Å². The van der Waals surface area contributed by atoms with Gasteiger partial charge in [-0.25, -0.2) is 15.0 Å². The standard InChI is InChI=1S/C57H34N4O2/c1-4-13-35(14-5-1)55-58-56(36-15-6-2-7-16-36)60-57(59-55)40-26-30-51-46(34-40)45-33-39(25-29-50(45)62-51)42-20-12-22-53-54(42)47-32-38(24-28-52(47)63-53)37-23-27-49-44(31-37)43-19-10-11-21-48(43)61(49)41-17-8-3-9-18-41/h1-34H. The van der Waals surface area contributed by atoms with Gasteiger partial charge in [0.15, 0.2) is 17.5 Å². The molecule has 0 bridgehead atoms. The summed E-state index contributed by atoms with van der Waals surface area (Å²) >= 11 is 0. The fourth-order valence-corrected chi connectivity index (χ4v) is 9.28. The Hall–Kier alpha value is -8.61. The maximum absolute atomic E-state index is 6.54. The maximum Gasteiger partial charge on any atom is 0.164 e. The number of aromatic nitrogens is 4. The highest BCUT2D eigenvalue weighted by atomic mass is 16.3. The Labute approximate surface area is 361 Å². The molecule has 9 aromatic carbocycles. The van der Waals surface area contributed by atoms with Gasteiger partial charge in [0.1, 0.15) is 22.3 Å². The lowest BCUT2D eigenvalue weighted by Gasteiger charge is -2.08. The topological polar surface area (TPSA) is 69.9 Å². The molecule has 0 atom stereocenters. The average Bonchev–Trinajstić information content (AvgIpc) is 4.03. The molecule has 4 heterocycles. The number of hydrogen-bond acceptors (Lipinski definition) is 5. The van der Waals surface area contributed by atoms with Crippen LogP contribution in [0, 0.1) is 0 Å². The molecule has 13 aromatic rings. The van der Waals surface area contributed by atoms with Crippen molar-refractivity contribution in [2.24, 2.45) is 0 Å². The zero-order chi connectivity index (χ0) is 41.4. The molecule has 4 aromatic heterocycles. The van der Waals surface area contributed by atoms with Crippen molar-refractivity contribution in [3.05, 3.63) is 206 Å². The molecule has 0 saturated heterocycles. The summed E-state index contributed by atoms with van der Waals surface area (Å²) in [5, 5.41) is 6.60. The molecule has 6 heteroatoms. The summed E-state index contributed by atoms with van der Waals surface area (Å²) in [4.78, 5) is 14.9. The molecule has 0 N–H and O–H groups in total. The minimum Gasteiger partial charge on any atom is -0.456 e. The van der Waals surface area contributed by atoms with Gasteiger partial charge < -0.3 is 13.4 Å². The molecule has 6 nitrogen and oxygen atoms in total. The van der Waals surface area contributed by atoms with Crippen LogP contribution in [-0.2, 0) is 0 Å². The molecule has 0 spiro atoms. The van der Waals surface area contributed by atoms with Crippen molar-refractivity contribution in [1.29, 1.82) is 0 Å². The number of nitrogens with zero attached hydrogens (tertiary/aromatic N) is 4. The molecule has 0 fully saturated rings. The number of hydrogen-bond donors (Lipinski definition) is 0. The fourth-order valence-electron chi connectivity index (χ4n) is 9.28. The summed E-state index contributed by atoms with van der Waals surface area (Å²) in [6.07, 6.45) is 0. The Morgan fingerprint density at radius 1 is 0.302 bits per heavy atom. The molecule has 0 radical (unpaired) electrons. The van der Waals surface area contributed by atoms with Crippen LogP contribution in [0.15, 0.2) is 215 Å². The van der Waals surface area contributed by atoms with E-state index in [4.69, 9.17) is 23.8 Å². The van der Waals surface area contributed by atoms with Crippen LogP contribution in [0.5, 0.6) is 0 Å². The van der Waals surface area contributed by atoms with Gasteiger partial charge in [0.2, 0.25) is 0 Å². The van der Waals surface area contributed by atoms with Gasteiger partial charge in [-0.05, 0) is 101 Å². The van der Waals surface area contributed by atoms with Crippen molar-refractivity contribution >= 4 is 65.7 Å². The van der Waals surface area contributed by atoms with E-state index in [0.29, 0.717) is 17.5 Å². The van der Waals surface area contributed by atoms with Gasteiger partial charge in [-0.1, -0.05) is 127 Å². The molecule has 63 heavy (non-hydrogen) atoms. The molecule has 0 aliphatic carbocycles. The largest absolute Gasteiger partial charge is 0.456 e. The van der Waals surface area contributed by atoms with E-state index in [2.05, 4.69) is 138 Å². The minimum atomic E-state index is 0.599. The Morgan fingerprint density at radius 2 is 0.794 bits per heavy atom. The summed E-state index contributed by atoms with van der Waals surface area (Å²) in [5.74, 6) is 1.85. The van der Waals surface area contributed by atoms with Crippen LogP contribution < -0.4 is 0 Å². The lowest BCUT2D eigenvalue weighted by Crippen LogP contribution is -2.00. The maximum atomic E-state index is 6.54. The van der Waals surface area contributed by atoms with E-state index < -0.39 is 0 Å². The summed E-state index contributed by atoms with van der Waals surface area (Å²) in [6, 6.07) is 71.7. The average molecular weight is 807 g/mol. The van der Waals surface area contributed by atoms with Gasteiger partial charge in [-0.2, -0.15) is 0 Å². The van der Waals surface area contributed by atoms with E-state index in [-0.39, 0.29) is 0 Å². The third-order valence-corrected chi connectivity index (χ3v) is 12.3. The number of fused-ring (bicyclic) bond motifs is 9. The van der Waals surface area contributed by atoms with Gasteiger partial charge in [0, 0.05) is 54.7 Å². The highest BCUT2D eigenvalue weighted by Crippen LogP contribution is 2.42. The number of furan rings is 2. The quantitative estimate of drug-likeness (QED) is 0.167. The summed E-state index contributed by atoms with van der Waals surface area (Å²) in [7, 11) is 0. The SMILES string of the molecule is c1ccc(-c2nc(-c3ccccc3)nc(-c3ccc4oc5ccc(-c6cccc7oc8ccc(-c9ccc%10c(c9)c9ccccc9n%10-c9ccccc9)cc8c67)cc5c4c3)n2)cc1. The van der Waals surface area contributed by atoms with E-state index in [0.717, 1.165) is 88.5 Å². The number of rotatable bonds is 6. The third-order valence-electron chi connectivity index (χ3n) is 12.3. The monoisotopic (exact) mass is 806 g/mol. The van der Waals surface area contributed by atoms with Gasteiger partial charge in [-0.15, -0.1) is 0 Å². The number of benzene rings is 9. The van der Waals surface area contributed by atoms with E-state index in [9.17, 15) is 0 Å². The minimum absolute atomic E-state index is 0.599. The molecule has 0 unspecified atom stereocenters. The van der Waals surface area contributed by atoms with Crippen molar-refractivity contribution in [3.63, 3.8) is 0 Å². The zero-order valence-electron chi connectivity index (χ0n) is 33.7. The number of para-hydroxylation sites is 2. The van der Waals surface area contributed by atoms with Crippen LogP contribution in [0.1, 0.15) is 0 Å². The van der Waals surface area contributed by atoms with Crippen molar-refractivity contribution < 1.29 is 8.83 Å². The van der Waals surface area contributed by atoms with Crippen molar-refractivity contribution in [2.45, 2.75) is 0 Å². The normalized spacial score (nSPS) is 11.8. The van der Waals surface area contributed by atoms with Crippen LogP contribution in [0.3, 0.4) is 0 Å². The Kier molecular flexibility index (Phi) is 7.80. The molecular weight excluding hydrogens is 773 g/mol.